The summed E-state index contributed by atoms with van der Waals surface area (Å²) < 4.78 is 0. The molecule has 4 nitrogen and oxygen atoms in total. The van der Waals surface area contributed by atoms with E-state index in [1.54, 1.807) is 0 Å². The topological polar surface area (TPSA) is 53.1 Å². The van der Waals surface area contributed by atoms with E-state index in [1.807, 2.05) is 32.1 Å². The van der Waals surface area contributed by atoms with Crippen LogP contribution >= 0.6 is 11.6 Å². The van der Waals surface area contributed by atoms with Crippen molar-refractivity contribution in [2.75, 3.05) is 0 Å². The minimum absolute atomic E-state index is 0.627. The number of H-pyrrole nitrogens is 1. The van der Waals surface area contributed by atoms with E-state index in [-0.39, 0.29) is 0 Å². The molecule has 1 heterocycles. The van der Waals surface area contributed by atoms with Crippen LogP contribution in [-0.2, 0) is 0 Å². The summed E-state index contributed by atoms with van der Waals surface area (Å²) in [5.41, 5.74) is 2.28. The standard InChI is InChI=1S/C15H21ClN4/c1-4-6-13(18-15(16)10(3)5-2)17-14-9-12(19-20-14)11-7-8-11/h4,6,9,11H,5,7-8H2,1-3H3,(H2,17,18,19,20)/b6-4-,15-10?. The van der Waals surface area contributed by atoms with Crippen LogP contribution in [0.5, 0.6) is 0 Å². The van der Waals surface area contributed by atoms with E-state index in [1.165, 1.54) is 18.5 Å². The summed E-state index contributed by atoms with van der Waals surface area (Å²) in [6, 6.07) is 2.01. The summed E-state index contributed by atoms with van der Waals surface area (Å²) >= 11 is 6.22. The molecule has 1 saturated carbocycles. The summed E-state index contributed by atoms with van der Waals surface area (Å²) in [7, 11) is 0. The fourth-order valence-electron chi connectivity index (χ4n) is 1.75. The van der Waals surface area contributed by atoms with Gasteiger partial charge in [0.25, 0.3) is 0 Å². The van der Waals surface area contributed by atoms with Gasteiger partial charge in [-0.05, 0) is 44.8 Å². The Balaban J connectivity index is 2.15. The zero-order chi connectivity index (χ0) is 14.5. The third-order valence-electron chi connectivity index (χ3n) is 3.30. The number of halogens is 1. The maximum atomic E-state index is 6.22. The maximum Gasteiger partial charge on any atom is 0.175 e. The average Bonchev–Trinajstić information content (AvgIpc) is 3.19. The third-order valence-corrected chi connectivity index (χ3v) is 3.72. The molecule has 0 bridgehead atoms. The fourth-order valence-corrected chi connectivity index (χ4v) is 1.98. The molecule has 0 spiro atoms. The number of allylic oxidation sites excluding steroid dienone is 2. The normalized spacial score (nSPS) is 17.5. The smallest absolute Gasteiger partial charge is 0.175 e. The molecule has 0 amide bonds. The molecule has 0 aliphatic heterocycles. The van der Waals surface area contributed by atoms with Crippen molar-refractivity contribution < 1.29 is 0 Å². The maximum absolute atomic E-state index is 6.22. The molecule has 0 saturated heterocycles. The van der Waals surface area contributed by atoms with Gasteiger partial charge < -0.3 is 5.32 Å². The van der Waals surface area contributed by atoms with Gasteiger partial charge >= 0.3 is 0 Å². The summed E-state index contributed by atoms with van der Waals surface area (Å²) in [5, 5.41) is 11.0. The van der Waals surface area contributed by atoms with Crippen LogP contribution < -0.4 is 5.32 Å². The molecular weight excluding hydrogens is 272 g/mol. The van der Waals surface area contributed by atoms with E-state index in [9.17, 15) is 0 Å². The largest absolute Gasteiger partial charge is 0.331 e. The first kappa shape index (κ1) is 14.9. The van der Waals surface area contributed by atoms with Gasteiger partial charge in [-0.2, -0.15) is 5.10 Å². The van der Waals surface area contributed by atoms with Gasteiger partial charge in [-0.15, -0.1) is 0 Å². The molecule has 1 aromatic heterocycles. The highest BCUT2D eigenvalue weighted by Gasteiger charge is 2.25. The Morgan fingerprint density at radius 1 is 1.60 bits per heavy atom. The molecule has 1 aromatic rings. The highest BCUT2D eigenvalue weighted by atomic mass is 35.5. The Labute approximate surface area is 125 Å². The van der Waals surface area contributed by atoms with Gasteiger partial charge in [0.05, 0.1) is 0 Å². The quantitative estimate of drug-likeness (QED) is 0.481. The zero-order valence-electron chi connectivity index (χ0n) is 12.2. The van der Waals surface area contributed by atoms with E-state index in [0.29, 0.717) is 22.7 Å². The first-order chi connectivity index (χ1) is 9.63. The highest BCUT2D eigenvalue weighted by molar-refractivity contribution is 6.31. The molecular formula is C15H21ClN4. The van der Waals surface area contributed by atoms with Gasteiger partial charge in [0.2, 0.25) is 0 Å². The van der Waals surface area contributed by atoms with Crippen molar-refractivity contribution in [2.24, 2.45) is 4.99 Å². The van der Waals surface area contributed by atoms with Gasteiger partial charge in [0, 0.05) is 17.7 Å². The molecule has 1 fully saturated rings. The van der Waals surface area contributed by atoms with Crippen molar-refractivity contribution in [1.29, 1.82) is 0 Å². The van der Waals surface area contributed by atoms with E-state index in [2.05, 4.69) is 27.4 Å². The van der Waals surface area contributed by atoms with Crippen LogP contribution in [0, 0.1) is 0 Å². The molecule has 0 atom stereocenters. The molecule has 2 N–H and O–H groups in total. The van der Waals surface area contributed by atoms with E-state index < -0.39 is 0 Å². The lowest BCUT2D eigenvalue weighted by molar-refractivity contribution is 0.964. The Hall–Kier alpha value is -1.55. The molecule has 108 valence electrons. The van der Waals surface area contributed by atoms with Crippen molar-refractivity contribution in [2.45, 2.75) is 46.0 Å². The number of nitrogens with zero attached hydrogens (tertiary/aromatic N) is 2. The highest BCUT2D eigenvalue weighted by Crippen LogP contribution is 2.39. The number of nitrogens with one attached hydrogen (secondary N) is 2. The zero-order valence-corrected chi connectivity index (χ0v) is 13.0. The Morgan fingerprint density at radius 2 is 2.35 bits per heavy atom. The Morgan fingerprint density at radius 3 is 2.95 bits per heavy atom. The molecule has 0 unspecified atom stereocenters. The summed E-state index contributed by atoms with van der Waals surface area (Å²) in [6.45, 7) is 6.02. The molecule has 0 radical (unpaired) electrons. The van der Waals surface area contributed by atoms with Gasteiger partial charge in [-0.25, -0.2) is 4.99 Å². The lowest BCUT2D eigenvalue weighted by Gasteiger charge is -2.07. The SMILES string of the molecule is C/C=C\C(=Nc1cc(C2CC2)[nH]n1)NC(Cl)=C(C)CC. The molecule has 1 aliphatic rings. The van der Waals surface area contributed by atoms with Crippen molar-refractivity contribution >= 4 is 23.3 Å². The number of hydrogen-bond donors (Lipinski definition) is 2. The minimum Gasteiger partial charge on any atom is -0.331 e. The van der Waals surface area contributed by atoms with Crippen LogP contribution in [0.1, 0.15) is 51.6 Å². The molecule has 20 heavy (non-hydrogen) atoms. The van der Waals surface area contributed by atoms with Crippen LogP contribution in [-0.4, -0.2) is 16.0 Å². The first-order valence-electron chi connectivity index (χ1n) is 7.03. The molecule has 0 aromatic carbocycles. The predicted molar refractivity (Wildman–Crippen MR) is 84.5 cm³/mol. The minimum atomic E-state index is 0.627. The number of aromatic amines is 1. The van der Waals surface area contributed by atoms with Crippen LogP contribution in [0.2, 0.25) is 0 Å². The molecule has 5 heteroatoms. The molecule has 1 aliphatic carbocycles. The second kappa shape index (κ2) is 6.75. The second-order valence-electron chi connectivity index (χ2n) is 5.03. The van der Waals surface area contributed by atoms with Crippen LogP contribution in [0.4, 0.5) is 5.82 Å². The number of amidine groups is 1. The van der Waals surface area contributed by atoms with E-state index in [0.717, 1.165) is 12.0 Å². The van der Waals surface area contributed by atoms with Crippen molar-refractivity contribution in [3.05, 3.63) is 34.6 Å². The van der Waals surface area contributed by atoms with Crippen LogP contribution in [0.15, 0.2) is 33.9 Å². The van der Waals surface area contributed by atoms with Gasteiger partial charge in [0.15, 0.2) is 5.82 Å². The fraction of sp³-hybridized carbons (Fsp3) is 0.467. The summed E-state index contributed by atoms with van der Waals surface area (Å²) in [5.74, 6) is 2.03. The van der Waals surface area contributed by atoms with Gasteiger partial charge in [0.1, 0.15) is 11.0 Å². The third kappa shape index (κ3) is 3.97. The Kier molecular flexibility index (Phi) is 5.01. The van der Waals surface area contributed by atoms with Crippen LogP contribution in [0.25, 0.3) is 0 Å². The number of aliphatic imine (C=N–C) groups is 1. The number of hydrogen-bond acceptors (Lipinski definition) is 2. The summed E-state index contributed by atoms with van der Waals surface area (Å²) in [4.78, 5) is 4.49. The lowest BCUT2D eigenvalue weighted by Crippen LogP contribution is -2.19. The summed E-state index contributed by atoms with van der Waals surface area (Å²) in [6.07, 6.45) is 7.21. The Bertz CT molecular complexity index is 550. The van der Waals surface area contributed by atoms with Gasteiger partial charge in [-0.3, -0.25) is 5.10 Å². The number of rotatable bonds is 5. The predicted octanol–water partition coefficient (Wildman–Crippen LogP) is 4.36. The van der Waals surface area contributed by atoms with E-state index in [4.69, 9.17) is 11.6 Å². The van der Waals surface area contributed by atoms with E-state index >= 15 is 0 Å². The van der Waals surface area contributed by atoms with Gasteiger partial charge in [-0.1, -0.05) is 24.6 Å². The number of aromatic nitrogens is 2. The average molecular weight is 293 g/mol. The first-order valence-corrected chi connectivity index (χ1v) is 7.40. The monoisotopic (exact) mass is 292 g/mol. The van der Waals surface area contributed by atoms with Crippen molar-refractivity contribution in [3.63, 3.8) is 0 Å². The lowest BCUT2D eigenvalue weighted by atomic mass is 10.2. The van der Waals surface area contributed by atoms with Crippen molar-refractivity contribution in [1.82, 2.24) is 15.5 Å². The molecule has 2 rings (SSSR count). The van der Waals surface area contributed by atoms with Crippen LogP contribution in [0.3, 0.4) is 0 Å². The van der Waals surface area contributed by atoms with Crippen molar-refractivity contribution in [3.8, 4) is 0 Å². The second-order valence-corrected chi connectivity index (χ2v) is 5.40.